The summed E-state index contributed by atoms with van der Waals surface area (Å²) in [4.78, 5) is 0.0603. The predicted molar refractivity (Wildman–Crippen MR) is 77.8 cm³/mol. The molecular formula is C13H10ClN3O2S. The number of rotatable bonds is 3. The van der Waals surface area contributed by atoms with Crippen LogP contribution in [0.1, 0.15) is 5.56 Å². The third-order valence-corrected chi connectivity index (χ3v) is 4.24. The minimum Gasteiger partial charge on any atom is -0.399 e. The summed E-state index contributed by atoms with van der Waals surface area (Å²) >= 11 is 5.92. The van der Waals surface area contributed by atoms with Crippen molar-refractivity contribution < 1.29 is 8.42 Å². The van der Waals surface area contributed by atoms with Crippen LogP contribution in [-0.4, -0.2) is 8.42 Å². The van der Waals surface area contributed by atoms with Gasteiger partial charge in [0, 0.05) is 5.69 Å². The van der Waals surface area contributed by atoms with Gasteiger partial charge in [0.2, 0.25) is 0 Å². The molecule has 0 amide bonds. The van der Waals surface area contributed by atoms with E-state index < -0.39 is 10.0 Å². The van der Waals surface area contributed by atoms with Crippen LogP contribution in [0, 0.1) is 11.3 Å². The van der Waals surface area contributed by atoms with Crippen molar-refractivity contribution in [3.63, 3.8) is 0 Å². The second-order valence-corrected chi connectivity index (χ2v) is 6.07. The quantitative estimate of drug-likeness (QED) is 0.852. The molecule has 0 heterocycles. The van der Waals surface area contributed by atoms with Crippen LogP contribution in [-0.2, 0) is 10.0 Å². The lowest BCUT2D eigenvalue weighted by molar-refractivity contribution is 0.601. The molecule has 0 spiro atoms. The van der Waals surface area contributed by atoms with Gasteiger partial charge in [0.25, 0.3) is 10.0 Å². The van der Waals surface area contributed by atoms with Crippen molar-refractivity contribution in [3.05, 3.63) is 53.1 Å². The summed E-state index contributed by atoms with van der Waals surface area (Å²) in [6.45, 7) is 0. The molecule has 0 saturated carbocycles. The van der Waals surface area contributed by atoms with E-state index in [0.29, 0.717) is 11.3 Å². The molecule has 3 N–H and O–H groups in total. The van der Waals surface area contributed by atoms with Gasteiger partial charge in [-0.1, -0.05) is 11.6 Å². The number of hydrogen-bond donors (Lipinski definition) is 2. The van der Waals surface area contributed by atoms with Crippen molar-refractivity contribution in [2.45, 2.75) is 4.90 Å². The highest BCUT2D eigenvalue weighted by atomic mass is 35.5. The number of sulfonamides is 1. The van der Waals surface area contributed by atoms with E-state index in [9.17, 15) is 8.42 Å². The zero-order chi connectivity index (χ0) is 14.8. The molecule has 2 aromatic carbocycles. The minimum atomic E-state index is -3.78. The van der Waals surface area contributed by atoms with Gasteiger partial charge < -0.3 is 5.73 Å². The maximum atomic E-state index is 12.2. The summed E-state index contributed by atoms with van der Waals surface area (Å²) in [7, 11) is -3.78. The number of nitrogens with zero attached hydrogens (tertiary/aromatic N) is 1. The zero-order valence-corrected chi connectivity index (χ0v) is 11.7. The second-order valence-electron chi connectivity index (χ2n) is 3.98. The fourth-order valence-electron chi connectivity index (χ4n) is 1.52. The lowest BCUT2D eigenvalue weighted by Crippen LogP contribution is -2.13. The van der Waals surface area contributed by atoms with Gasteiger partial charge in [-0.2, -0.15) is 5.26 Å². The van der Waals surface area contributed by atoms with Gasteiger partial charge in [-0.05, 0) is 42.5 Å². The first-order valence-electron chi connectivity index (χ1n) is 5.50. The van der Waals surface area contributed by atoms with Crippen LogP contribution >= 0.6 is 11.6 Å². The Labute approximate surface area is 121 Å². The number of nitrogens with one attached hydrogen (secondary N) is 1. The first kappa shape index (κ1) is 14.2. The van der Waals surface area contributed by atoms with E-state index in [0.717, 1.165) is 0 Å². The summed E-state index contributed by atoms with van der Waals surface area (Å²) in [6, 6.07) is 12.0. The Morgan fingerprint density at radius 1 is 1.15 bits per heavy atom. The Bertz CT molecular complexity index is 780. The Hall–Kier alpha value is -2.23. The number of nitrogen functional groups attached to an aromatic ring is 1. The van der Waals surface area contributed by atoms with E-state index in [1.165, 1.54) is 42.5 Å². The Balaban J connectivity index is 2.38. The maximum Gasteiger partial charge on any atom is 0.261 e. The summed E-state index contributed by atoms with van der Waals surface area (Å²) in [6.07, 6.45) is 0. The largest absolute Gasteiger partial charge is 0.399 e. The molecule has 0 aromatic heterocycles. The van der Waals surface area contributed by atoms with Gasteiger partial charge in [-0.25, -0.2) is 8.42 Å². The minimum absolute atomic E-state index is 0.0603. The fourth-order valence-corrected chi connectivity index (χ4v) is 2.82. The predicted octanol–water partition coefficient (Wildman–Crippen LogP) is 2.59. The number of anilines is 2. The van der Waals surface area contributed by atoms with Crippen LogP contribution in [0.4, 0.5) is 11.4 Å². The Morgan fingerprint density at radius 2 is 1.80 bits per heavy atom. The molecule has 0 aliphatic heterocycles. The molecule has 0 bridgehead atoms. The Morgan fingerprint density at radius 3 is 2.40 bits per heavy atom. The topological polar surface area (TPSA) is 96.0 Å². The zero-order valence-electron chi connectivity index (χ0n) is 10.2. The fraction of sp³-hybridized carbons (Fsp3) is 0. The van der Waals surface area contributed by atoms with Crippen LogP contribution in [0.3, 0.4) is 0 Å². The molecule has 2 rings (SSSR count). The van der Waals surface area contributed by atoms with Crippen LogP contribution in [0.2, 0.25) is 5.02 Å². The highest BCUT2D eigenvalue weighted by Gasteiger charge is 2.15. The van der Waals surface area contributed by atoms with Crippen molar-refractivity contribution in [2.75, 3.05) is 10.5 Å². The third kappa shape index (κ3) is 3.02. The van der Waals surface area contributed by atoms with E-state index in [1.807, 2.05) is 6.07 Å². The number of nitriles is 1. The van der Waals surface area contributed by atoms with Crippen molar-refractivity contribution >= 4 is 33.0 Å². The molecule has 0 unspecified atom stereocenters. The summed E-state index contributed by atoms with van der Waals surface area (Å²) in [5.74, 6) is 0. The average Bonchev–Trinajstić information content (AvgIpc) is 2.41. The maximum absolute atomic E-state index is 12.2. The third-order valence-electron chi connectivity index (χ3n) is 2.53. The molecular weight excluding hydrogens is 298 g/mol. The molecule has 20 heavy (non-hydrogen) atoms. The highest BCUT2D eigenvalue weighted by Crippen LogP contribution is 2.25. The molecule has 0 aliphatic carbocycles. The lowest BCUT2D eigenvalue weighted by Gasteiger charge is -2.10. The molecule has 2 aromatic rings. The molecule has 102 valence electrons. The van der Waals surface area contributed by atoms with Gasteiger partial charge in [0.1, 0.15) is 0 Å². The first-order valence-corrected chi connectivity index (χ1v) is 7.36. The molecule has 7 heteroatoms. The molecule has 0 radical (unpaired) electrons. The van der Waals surface area contributed by atoms with Gasteiger partial charge >= 0.3 is 0 Å². The number of hydrogen-bond acceptors (Lipinski definition) is 4. The molecule has 0 atom stereocenters. The standard InChI is InChI=1S/C13H10ClN3O2S/c14-12-6-1-9(8-15)7-13(12)17-20(18,19)11-4-2-10(16)3-5-11/h1-7,17H,16H2. The molecule has 5 nitrogen and oxygen atoms in total. The van der Waals surface area contributed by atoms with Crippen LogP contribution in [0.15, 0.2) is 47.4 Å². The second kappa shape index (κ2) is 5.41. The SMILES string of the molecule is N#Cc1ccc(Cl)c(NS(=O)(=O)c2ccc(N)cc2)c1. The van der Waals surface area contributed by atoms with Gasteiger partial charge in [0.05, 0.1) is 27.2 Å². The lowest BCUT2D eigenvalue weighted by atomic mass is 10.2. The van der Waals surface area contributed by atoms with Crippen LogP contribution < -0.4 is 10.5 Å². The average molecular weight is 308 g/mol. The van der Waals surface area contributed by atoms with Crippen LogP contribution in [0.5, 0.6) is 0 Å². The Kier molecular flexibility index (Phi) is 3.84. The number of halogens is 1. The van der Waals surface area contributed by atoms with Crippen molar-refractivity contribution in [1.82, 2.24) is 0 Å². The summed E-state index contributed by atoms with van der Waals surface area (Å²) in [5, 5.41) is 9.03. The van der Waals surface area contributed by atoms with Gasteiger partial charge in [-0.15, -0.1) is 0 Å². The van der Waals surface area contributed by atoms with E-state index in [4.69, 9.17) is 22.6 Å². The normalized spacial score (nSPS) is 10.8. The van der Waals surface area contributed by atoms with E-state index in [1.54, 1.807) is 0 Å². The van der Waals surface area contributed by atoms with Gasteiger partial charge in [0.15, 0.2) is 0 Å². The van der Waals surface area contributed by atoms with E-state index in [-0.39, 0.29) is 15.6 Å². The molecule has 0 fully saturated rings. The summed E-state index contributed by atoms with van der Waals surface area (Å²) < 4.78 is 26.7. The van der Waals surface area contributed by atoms with E-state index >= 15 is 0 Å². The smallest absolute Gasteiger partial charge is 0.261 e. The first-order chi connectivity index (χ1) is 9.42. The number of nitrogens with two attached hydrogens (primary N) is 1. The molecule has 0 saturated heterocycles. The monoisotopic (exact) mass is 307 g/mol. The van der Waals surface area contributed by atoms with Crippen molar-refractivity contribution in [3.8, 4) is 6.07 Å². The number of benzene rings is 2. The summed E-state index contributed by atoms with van der Waals surface area (Å²) in [5.41, 5.74) is 6.44. The van der Waals surface area contributed by atoms with Crippen LogP contribution in [0.25, 0.3) is 0 Å². The highest BCUT2D eigenvalue weighted by molar-refractivity contribution is 7.92. The molecule has 0 aliphatic rings. The van der Waals surface area contributed by atoms with Crippen molar-refractivity contribution in [1.29, 1.82) is 5.26 Å². The van der Waals surface area contributed by atoms with Crippen molar-refractivity contribution in [2.24, 2.45) is 0 Å². The van der Waals surface area contributed by atoms with E-state index in [2.05, 4.69) is 4.72 Å². The van der Waals surface area contributed by atoms with Gasteiger partial charge in [-0.3, -0.25) is 4.72 Å².